The molecule has 3 aromatic rings. The van der Waals surface area contributed by atoms with Crippen LogP contribution in [0, 0.1) is 0 Å². The van der Waals surface area contributed by atoms with Gasteiger partial charge in [-0.15, -0.1) is 0 Å². The quantitative estimate of drug-likeness (QED) is 0.605. The maximum Gasteiger partial charge on any atom is 0.120 e. The maximum atomic E-state index is 10.6. The summed E-state index contributed by atoms with van der Waals surface area (Å²) in [5, 5.41) is 17.5. The molecule has 1 saturated carbocycles. The van der Waals surface area contributed by atoms with Crippen molar-refractivity contribution in [3.63, 3.8) is 0 Å². The van der Waals surface area contributed by atoms with E-state index < -0.39 is 6.10 Å². The van der Waals surface area contributed by atoms with Crippen molar-refractivity contribution in [2.75, 3.05) is 45.9 Å². The first kappa shape index (κ1) is 20.5. The largest absolute Gasteiger partial charge is 0.491 e. The highest BCUT2D eigenvalue weighted by atomic mass is 16.5. The van der Waals surface area contributed by atoms with Crippen LogP contribution in [0.3, 0.4) is 0 Å². The molecule has 1 aliphatic heterocycles. The highest BCUT2D eigenvalue weighted by Crippen LogP contribution is 2.37. The Morgan fingerprint density at radius 2 is 1.87 bits per heavy atom. The Hall–Kier alpha value is -2.41. The van der Waals surface area contributed by atoms with Gasteiger partial charge in [-0.3, -0.25) is 9.58 Å². The molecule has 0 amide bonds. The molecule has 2 heterocycles. The van der Waals surface area contributed by atoms with Crippen LogP contribution in [-0.4, -0.2) is 76.7 Å². The molecule has 1 aliphatic carbocycles. The van der Waals surface area contributed by atoms with Gasteiger partial charge in [-0.05, 0) is 47.9 Å². The Labute approximate surface area is 184 Å². The molecule has 6 heteroatoms. The molecular formula is C25H32N4O2. The van der Waals surface area contributed by atoms with Crippen LogP contribution in [0.1, 0.15) is 25.8 Å². The van der Waals surface area contributed by atoms with Crippen molar-refractivity contribution >= 4 is 10.8 Å². The molecular weight excluding hydrogens is 388 g/mol. The van der Waals surface area contributed by atoms with E-state index in [9.17, 15) is 5.11 Å². The summed E-state index contributed by atoms with van der Waals surface area (Å²) in [4.78, 5) is 4.78. The van der Waals surface area contributed by atoms with E-state index in [0.29, 0.717) is 19.2 Å². The first-order chi connectivity index (χ1) is 15.2. The summed E-state index contributed by atoms with van der Waals surface area (Å²) >= 11 is 0. The molecule has 0 radical (unpaired) electrons. The third-order valence-electron chi connectivity index (χ3n) is 6.49. The summed E-state index contributed by atoms with van der Waals surface area (Å²) in [5.41, 5.74) is 2.24. The molecule has 2 aromatic carbocycles. The van der Waals surface area contributed by atoms with Gasteiger partial charge in [0.15, 0.2) is 0 Å². The van der Waals surface area contributed by atoms with Crippen LogP contribution in [0.2, 0.25) is 0 Å². The third-order valence-corrected chi connectivity index (χ3v) is 6.49. The fourth-order valence-electron chi connectivity index (χ4n) is 4.45. The van der Waals surface area contributed by atoms with Gasteiger partial charge in [0.1, 0.15) is 18.5 Å². The standard InChI is InChI=1S/C25H32N4O2/c1-2-27-9-11-28(12-10-27)17-22(30)18-31-23-13-19-5-3-4-6-24(19)25(14-23)20-15-26-29(16-20)21-7-8-21/h3-6,13-16,21-22,30H,2,7-12,17-18H2,1H3. The molecule has 0 spiro atoms. The fourth-order valence-corrected chi connectivity index (χ4v) is 4.45. The number of fused-ring (bicyclic) bond motifs is 1. The van der Waals surface area contributed by atoms with Crippen molar-refractivity contribution in [1.82, 2.24) is 19.6 Å². The predicted octanol–water partition coefficient (Wildman–Crippen LogP) is 3.42. The summed E-state index contributed by atoms with van der Waals surface area (Å²) in [6.45, 7) is 8.43. The zero-order chi connectivity index (χ0) is 21.2. The normalized spacial score (nSPS) is 19.0. The van der Waals surface area contributed by atoms with Crippen molar-refractivity contribution in [2.24, 2.45) is 0 Å². The van der Waals surface area contributed by atoms with Gasteiger partial charge in [-0.25, -0.2) is 0 Å². The van der Waals surface area contributed by atoms with E-state index in [1.54, 1.807) is 0 Å². The minimum atomic E-state index is -0.499. The lowest BCUT2D eigenvalue weighted by Gasteiger charge is -2.34. The van der Waals surface area contributed by atoms with E-state index >= 15 is 0 Å². The molecule has 31 heavy (non-hydrogen) atoms. The molecule has 0 bridgehead atoms. The Kier molecular flexibility index (Phi) is 5.94. The number of aliphatic hydroxyl groups is 1. The molecule has 164 valence electrons. The van der Waals surface area contributed by atoms with E-state index in [-0.39, 0.29) is 0 Å². The van der Waals surface area contributed by atoms with Crippen LogP contribution in [0.5, 0.6) is 5.75 Å². The lowest BCUT2D eigenvalue weighted by atomic mass is 10.00. The summed E-state index contributed by atoms with van der Waals surface area (Å²) in [7, 11) is 0. The number of likely N-dealkylation sites (N-methyl/N-ethyl adjacent to an activating group) is 1. The minimum Gasteiger partial charge on any atom is -0.491 e. The van der Waals surface area contributed by atoms with E-state index in [0.717, 1.165) is 55.0 Å². The van der Waals surface area contributed by atoms with E-state index in [2.05, 4.69) is 63.0 Å². The van der Waals surface area contributed by atoms with Crippen LogP contribution in [0.4, 0.5) is 0 Å². The lowest BCUT2D eigenvalue weighted by Crippen LogP contribution is -2.49. The molecule has 6 nitrogen and oxygen atoms in total. The van der Waals surface area contributed by atoms with Gasteiger partial charge in [-0.2, -0.15) is 5.10 Å². The van der Waals surface area contributed by atoms with Crippen LogP contribution in [-0.2, 0) is 0 Å². The van der Waals surface area contributed by atoms with Gasteiger partial charge < -0.3 is 14.7 Å². The average molecular weight is 421 g/mol. The Balaban J connectivity index is 1.28. The monoisotopic (exact) mass is 420 g/mol. The minimum absolute atomic E-state index is 0.299. The van der Waals surface area contributed by atoms with E-state index in [4.69, 9.17) is 4.74 Å². The first-order valence-electron chi connectivity index (χ1n) is 11.5. The molecule has 1 unspecified atom stereocenters. The van der Waals surface area contributed by atoms with Crippen molar-refractivity contribution in [3.8, 4) is 16.9 Å². The van der Waals surface area contributed by atoms with Crippen LogP contribution >= 0.6 is 0 Å². The first-order valence-corrected chi connectivity index (χ1v) is 11.5. The van der Waals surface area contributed by atoms with E-state index in [1.165, 1.54) is 18.2 Å². The second-order valence-electron chi connectivity index (χ2n) is 8.83. The molecule has 1 saturated heterocycles. The average Bonchev–Trinajstić information content (AvgIpc) is 3.54. The predicted molar refractivity (Wildman–Crippen MR) is 123 cm³/mol. The fraction of sp³-hybridized carbons (Fsp3) is 0.480. The van der Waals surface area contributed by atoms with Gasteiger partial charge in [0, 0.05) is 44.5 Å². The second-order valence-corrected chi connectivity index (χ2v) is 8.83. The van der Waals surface area contributed by atoms with Gasteiger partial charge in [0.05, 0.1) is 12.2 Å². The number of hydrogen-bond acceptors (Lipinski definition) is 5. The van der Waals surface area contributed by atoms with Crippen LogP contribution in [0.25, 0.3) is 21.9 Å². The molecule has 2 fully saturated rings. The number of piperazine rings is 1. The van der Waals surface area contributed by atoms with Gasteiger partial charge >= 0.3 is 0 Å². The zero-order valence-corrected chi connectivity index (χ0v) is 18.3. The number of rotatable bonds is 8. The smallest absolute Gasteiger partial charge is 0.120 e. The number of hydrogen-bond donors (Lipinski definition) is 1. The summed E-state index contributed by atoms with van der Waals surface area (Å²) < 4.78 is 8.16. The number of aliphatic hydroxyl groups excluding tert-OH is 1. The van der Waals surface area contributed by atoms with Crippen molar-refractivity contribution in [3.05, 3.63) is 48.8 Å². The van der Waals surface area contributed by atoms with Crippen LogP contribution in [0.15, 0.2) is 48.8 Å². The highest BCUT2D eigenvalue weighted by molar-refractivity contribution is 5.97. The zero-order valence-electron chi connectivity index (χ0n) is 18.3. The number of nitrogens with zero attached hydrogens (tertiary/aromatic N) is 4. The molecule has 2 aliphatic rings. The highest BCUT2D eigenvalue weighted by Gasteiger charge is 2.24. The number of β-amino-alcohol motifs (C(OH)–C–C–N with tert-alkyl or cyclic N) is 1. The Bertz CT molecular complexity index is 1020. The van der Waals surface area contributed by atoms with Gasteiger partial charge in [0.25, 0.3) is 0 Å². The number of benzene rings is 2. The maximum absolute atomic E-state index is 10.6. The van der Waals surface area contributed by atoms with Crippen LogP contribution < -0.4 is 4.74 Å². The summed E-state index contributed by atoms with van der Waals surface area (Å²) in [6.07, 6.45) is 6.04. The molecule has 5 rings (SSSR count). The van der Waals surface area contributed by atoms with Gasteiger partial charge in [-0.1, -0.05) is 31.2 Å². The molecule has 1 aromatic heterocycles. The SMILES string of the molecule is CCN1CCN(CC(O)COc2cc(-c3cnn(C4CC4)c3)c3ccccc3c2)CC1. The number of aromatic nitrogens is 2. The topological polar surface area (TPSA) is 53.8 Å². The number of ether oxygens (including phenoxy) is 1. The van der Waals surface area contributed by atoms with Crippen molar-refractivity contribution in [2.45, 2.75) is 31.9 Å². The second kappa shape index (κ2) is 8.99. The summed E-state index contributed by atoms with van der Waals surface area (Å²) in [5.74, 6) is 0.794. The molecule has 1 atom stereocenters. The lowest BCUT2D eigenvalue weighted by molar-refractivity contribution is 0.0471. The van der Waals surface area contributed by atoms with E-state index in [1.807, 2.05) is 12.3 Å². The van der Waals surface area contributed by atoms with Crippen molar-refractivity contribution in [1.29, 1.82) is 0 Å². The molecule has 1 N–H and O–H groups in total. The van der Waals surface area contributed by atoms with Crippen molar-refractivity contribution < 1.29 is 9.84 Å². The Morgan fingerprint density at radius 3 is 2.65 bits per heavy atom. The summed E-state index contributed by atoms with van der Waals surface area (Å²) in [6, 6.07) is 13.1. The van der Waals surface area contributed by atoms with Gasteiger partial charge in [0.2, 0.25) is 0 Å². The third kappa shape index (κ3) is 4.76. The Morgan fingerprint density at radius 1 is 1.10 bits per heavy atom.